The molecule has 3 rings (SSSR count). The fraction of sp³-hybridized carbons (Fsp3) is 0.235. The maximum absolute atomic E-state index is 12.1. The van der Waals surface area contributed by atoms with Crippen molar-refractivity contribution in [3.05, 3.63) is 59.1 Å². The smallest absolute Gasteiger partial charge is 0.255 e. The van der Waals surface area contributed by atoms with Crippen molar-refractivity contribution in [2.24, 2.45) is 0 Å². The zero-order valence-corrected chi connectivity index (χ0v) is 14.4. The monoisotopic (exact) mass is 364 g/mol. The number of benzene rings is 2. The van der Waals surface area contributed by atoms with Gasteiger partial charge in [0.25, 0.3) is 5.91 Å². The highest BCUT2D eigenvalue weighted by molar-refractivity contribution is 7.91. The predicted octanol–water partition coefficient (Wildman–Crippen LogP) is 3.19. The lowest BCUT2D eigenvalue weighted by molar-refractivity contribution is 0.102. The Morgan fingerprint density at radius 3 is 2.42 bits per heavy atom. The van der Waals surface area contributed by atoms with Gasteiger partial charge in [-0.1, -0.05) is 17.7 Å². The van der Waals surface area contributed by atoms with Gasteiger partial charge < -0.3 is 10.6 Å². The molecule has 5 nitrogen and oxygen atoms in total. The topological polar surface area (TPSA) is 75.3 Å². The van der Waals surface area contributed by atoms with Gasteiger partial charge in [0.2, 0.25) is 0 Å². The molecule has 2 aromatic rings. The molecule has 0 aliphatic carbocycles. The van der Waals surface area contributed by atoms with Gasteiger partial charge in [0.05, 0.1) is 11.5 Å². The van der Waals surface area contributed by atoms with Crippen LogP contribution < -0.4 is 10.6 Å². The molecule has 0 spiro atoms. The molecule has 24 heavy (non-hydrogen) atoms. The Bertz CT molecular complexity index is 850. The summed E-state index contributed by atoms with van der Waals surface area (Å²) >= 11 is 5.88. The summed E-state index contributed by atoms with van der Waals surface area (Å²) < 4.78 is 22.9. The van der Waals surface area contributed by atoms with Gasteiger partial charge in [-0.15, -0.1) is 0 Å². The third-order valence-corrected chi connectivity index (χ3v) is 5.84. The molecule has 1 aliphatic heterocycles. The first kappa shape index (κ1) is 16.8. The minimum atomic E-state index is -2.90. The fourth-order valence-corrected chi connectivity index (χ4v) is 4.49. The van der Waals surface area contributed by atoms with Crippen LogP contribution in [0.1, 0.15) is 16.8 Å². The Morgan fingerprint density at radius 1 is 1.08 bits per heavy atom. The molecule has 0 saturated carbocycles. The van der Waals surface area contributed by atoms with Crippen LogP contribution in [0.15, 0.2) is 48.5 Å². The van der Waals surface area contributed by atoms with Crippen molar-refractivity contribution < 1.29 is 13.2 Å². The normalized spacial score (nSPS) is 19.0. The number of hydrogen-bond acceptors (Lipinski definition) is 4. The molecule has 1 fully saturated rings. The van der Waals surface area contributed by atoms with Crippen molar-refractivity contribution in [2.75, 3.05) is 22.1 Å². The van der Waals surface area contributed by atoms with E-state index in [2.05, 4.69) is 10.6 Å². The zero-order chi connectivity index (χ0) is 17.2. The van der Waals surface area contributed by atoms with Gasteiger partial charge >= 0.3 is 0 Å². The van der Waals surface area contributed by atoms with Crippen molar-refractivity contribution in [2.45, 2.75) is 12.5 Å². The molecule has 1 atom stereocenters. The van der Waals surface area contributed by atoms with E-state index >= 15 is 0 Å². The first-order valence-electron chi connectivity index (χ1n) is 7.55. The lowest BCUT2D eigenvalue weighted by Crippen LogP contribution is -2.20. The predicted molar refractivity (Wildman–Crippen MR) is 96.5 cm³/mol. The number of rotatable bonds is 4. The number of sulfone groups is 1. The minimum absolute atomic E-state index is 0.0538. The quantitative estimate of drug-likeness (QED) is 0.873. The summed E-state index contributed by atoms with van der Waals surface area (Å²) in [4.78, 5) is 12.1. The van der Waals surface area contributed by atoms with E-state index in [1.54, 1.807) is 36.4 Å². The van der Waals surface area contributed by atoms with Crippen LogP contribution in [-0.4, -0.2) is 31.9 Å². The average Bonchev–Trinajstić information content (AvgIpc) is 2.88. The van der Waals surface area contributed by atoms with Gasteiger partial charge in [-0.25, -0.2) is 8.42 Å². The van der Waals surface area contributed by atoms with Crippen LogP contribution in [0.2, 0.25) is 5.02 Å². The van der Waals surface area contributed by atoms with E-state index in [1.165, 1.54) is 0 Å². The molecule has 7 heteroatoms. The van der Waals surface area contributed by atoms with E-state index in [0.29, 0.717) is 22.7 Å². The molecule has 1 heterocycles. The van der Waals surface area contributed by atoms with Crippen LogP contribution in [0.5, 0.6) is 0 Å². The number of amides is 1. The number of hydrogen-bond donors (Lipinski definition) is 2. The number of halogens is 1. The Labute approximate surface area is 145 Å². The van der Waals surface area contributed by atoms with Gasteiger partial charge in [0.15, 0.2) is 9.84 Å². The van der Waals surface area contributed by atoms with Gasteiger partial charge in [-0.05, 0) is 48.9 Å². The van der Waals surface area contributed by atoms with E-state index in [9.17, 15) is 13.2 Å². The lowest BCUT2D eigenvalue weighted by atomic mass is 10.2. The summed E-state index contributed by atoms with van der Waals surface area (Å²) in [6, 6.07) is 13.9. The van der Waals surface area contributed by atoms with E-state index in [-0.39, 0.29) is 23.5 Å². The van der Waals surface area contributed by atoms with Crippen LogP contribution in [0.4, 0.5) is 11.4 Å². The van der Waals surface area contributed by atoms with Crippen molar-refractivity contribution in [1.29, 1.82) is 0 Å². The number of nitrogens with one attached hydrogen (secondary N) is 2. The number of carbonyl (C=O) groups is 1. The third kappa shape index (κ3) is 4.27. The SMILES string of the molecule is O=C(Nc1ccc(NC2CCS(=O)(=O)C2)cc1)c1cccc(Cl)c1. The fourth-order valence-electron chi connectivity index (χ4n) is 2.63. The largest absolute Gasteiger partial charge is 0.381 e. The highest BCUT2D eigenvalue weighted by Crippen LogP contribution is 2.20. The molecular formula is C17H17ClN2O3S. The molecule has 0 aromatic heterocycles. The van der Waals surface area contributed by atoms with E-state index in [0.717, 1.165) is 5.69 Å². The summed E-state index contributed by atoms with van der Waals surface area (Å²) in [5, 5.41) is 6.51. The van der Waals surface area contributed by atoms with Crippen LogP contribution in [-0.2, 0) is 9.84 Å². The van der Waals surface area contributed by atoms with Crippen LogP contribution in [0.3, 0.4) is 0 Å². The third-order valence-electron chi connectivity index (χ3n) is 3.83. The Balaban J connectivity index is 1.61. The van der Waals surface area contributed by atoms with E-state index in [1.807, 2.05) is 12.1 Å². The van der Waals surface area contributed by atoms with Crippen LogP contribution >= 0.6 is 11.6 Å². The summed E-state index contributed by atoms with van der Waals surface area (Å²) in [6.07, 6.45) is 0.621. The summed E-state index contributed by atoms with van der Waals surface area (Å²) in [6.45, 7) is 0. The maximum atomic E-state index is 12.1. The Morgan fingerprint density at radius 2 is 1.79 bits per heavy atom. The molecule has 2 N–H and O–H groups in total. The zero-order valence-electron chi connectivity index (χ0n) is 12.8. The van der Waals surface area contributed by atoms with Crippen molar-refractivity contribution >= 4 is 38.7 Å². The molecule has 1 saturated heterocycles. The van der Waals surface area contributed by atoms with E-state index < -0.39 is 9.84 Å². The van der Waals surface area contributed by atoms with Gasteiger partial charge in [0, 0.05) is 28.0 Å². The second kappa shape index (κ2) is 6.83. The molecule has 2 aromatic carbocycles. The first-order chi connectivity index (χ1) is 11.4. The standard InChI is InChI=1S/C17H17ClN2O3S/c18-13-3-1-2-12(10-13)17(21)20-15-6-4-14(5-7-15)19-16-8-9-24(22,23)11-16/h1-7,10,16,19H,8-9,11H2,(H,20,21). The second-order valence-corrected chi connectivity index (χ2v) is 8.45. The lowest BCUT2D eigenvalue weighted by Gasteiger charge is -2.13. The molecule has 126 valence electrons. The molecule has 0 radical (unpaired) electrons. The van der Waals surface area contributed by atoms with Crippen molar-refractivity contribution in [3.63, 3.8) is 0 Å². The summed E-state index contributed by atoms with van der Waals surface area (Å²) in [7, 11) is -2.90. The number of anilines is 2. The Hall–Kier alpha value is -2.05. The molecule has 1 amide bonds. The van der Waals surface area contributed by atoms with Gasteiger partial charge in [-0.3, -0.25) is 4.79 Å². The van der Waals surface area contributed by atoms with Crippen LogP contribution in [0.25, 0.3) is 0 Å². The Kier molecular flexibility index (Phi) is 4.78. The van der Waals surface area contributed by atoms with Gasteiger partial charge in [0.1, 0.15) is 0 Å². The average molecular weight is 365 g/mol. The minimum Gasteiger partial charge on any atom is -0.381 e. The summed E-state index contributed by atoms with van der Waals surface area (Å²) in [5.41, 5.74) is 1.98. The van der Waals surface area contributed by atoms with Crippen LogP contribution in [0, 0.1) is 0 Å². The second-order valence-electron chi connectivity index (χ2n) is 5.79. The van der Waals surface area contributed by atoms with Crippen molar-refractivity contribution in [3.8, 4) is 0 Å². The first-order valence-corrected chi connectivity index (χ1v) is 9.75. The molecule has 1 unspecified atom stereocenters. The highest BCUT2D eigenvalue weighted by atomic mass is 35.5. The van der Waals surface area contributed by atoms with Crippen molar-refractivity contribution in [1.82, 2.24) is 0 Å². The maximum Gasteiger partial charge on any atom is 0.255 e. The highest BCUT2D eigenvalue weighted by Gasteiger charge is 2.27. The molecule has 1 aliphatic rings. The molecule has 0 bridgehead atoms. The summed E-state index contributed by atoms with van der Waals surface area (Å²) in [5.74, 6) is 0.165. The number of carbonyl (C=O) groups excluding carboxylic acids is 1. The van der Waals surface area contributed by atoms with E-state index in [4.69, 9.17) is 11.6 Å². The van der Waals surface area contributed by atoms with Gasteiger partial charge in [-0.2, -0.15) is 0 Å². The molecular weight excluding hydrogens is 348 g/mol.